The number of aromatic nitrogens is 1. The monoisotopic (exact) mass is 370 g/mol. The predicted octanol–water partition coefficient (Wildman–Crippen LogP) is 6.29. The average molecular weight is 370 g/mol. The van der Waals surface area contributed by atoms with Crippen LogP contribution in [0.15, 0.2) is 76.1 Å². The van der Waals surface area contributed by atoms with Crippen molar-refractivity contribution < 1.29 is 9.52 Å². The second kappa shape index (κ2) is 8.09. The number of fused-ring (bicyclic) bond motifs is 1. The molecule has 4 aromatic rings. The maximum atomic E-state index is 10.1. The quantitative estimate of drug-likeness (QED) is 0.406. The van der Waals surface area contributed by atoms with E-state index in [0.717, 1.165) is 28.4 Å². The molecule has 4 heteroatoms. The number of hydrogen-bond acceptors (Lipinski definition) is 4. The first kappa shape index (κ1) is 18.0. The Bertz CT molecular complexity index is 1110. The van der Waals surface area contributed by atoms with Gasteiger partial charge in [-0.25, -0.2) is 4.98 Å². The second-order valence-electron chi connectivity index (χ2n) is 6.80. The number of aryl methyl sites for hydroxylation is 1. The third kappa shape index (κ3) is 3.96. The number of nitrogens with zero attached hydrogens (tertiary/aromatic N) is 2. The Morgan fingerprint density at radius 2 is 1.79 bits per heavy atom. The molecule has 28 heavy (non-hydrogen) atoms. The van der Waals surface area contributed by atoms with Crippen molar-refractivity contribution in [1.29, 1.82) is 0 Å². The van der Waals surface area contributed by atoms with Crippen LogP contribution >= 0.6 is 0 Å². The molecular weight excluding hydrogens is 348 g/mol. The highest BCUT2D eigenvalue weighted by molar-refractivity contribution is 5.88. The van der Waals surface area contributed by atoms with Gasteiger partial charge in [0.15, 0.2) is 5.69 Å². The van der Waals surface area contributed by atoms with Gasteiger partial charge in [0.05, 0.1) is 11.9 Å². The maximum absolute atomic E-state index is 10.1. The van der Waals surface area contributed by atoms with Gasteiger partial charge in [0.2, 0.25) is 5.89 Å². The molecule has 3 aromatic carbocycles. The molecule has 1 aromatic heterocycles. The van der Waals surface area contributed by atoms with Crippen LogP contribution in [0, 0.1) is 0 Å². The highest BCUT2D eigenvalue weighted by Gasteiger charge is 2.12. The number of rotatable bonds is 6. The van der Waals surface area contributed by atoms with Crippen molar-refractivity contribution in [2.45, 2.75) is 26.2 Å². The summed E-state index contributed by atoms with van der Waals surface area (Å²) in [6.45, 7) is 2.19. The van der Waals surface area contributed by atoms with Crippen molar-refractivity contribution in [1.82, 2.24) is 4.98 Å². The molecule has 0 aliphatic carbocycles. The topological polar surface area (TPSA) is 58.6 Å². The largest absolute Gasteiger partial charge is 0.479 e. The summed E-state index contributed by atoms with van der Waals surface area (Å²) < 4.78 is 5.43. The molecule has 1 N–H and O–H groups in total. The van der Waals surface area contributed by atoms with Crippen LogP contribution in [0.1, 0.15) is 31.0 Å². The van der Waals surface area contributed by atoms with E-state index in [0.29, 0.717) is 11.6 Å². The zero-order valence-corrected chi connectivity index (χ0v) is 15.8. The van der Waals surface area contributed by atoms with Crippen molar-refractivity contribution in [3.63, 3.8) is 0 Å². The summed E-state index contributed by atoms with van der Waals surface area (Å²) in [5.74, 6) is 0.161. The standard InChI is InChI=1S/C24H22N2O2/c1-2-3-6-17-9-11-19(12-10-17)23-26-22(24(27)28-23)16-25-21-14-13-18-7-4-5-8-20(18)15-21/h4-5,7-16,27H,2-3,6H2,1H3. The van der Waals surface area contributed by atoms with Gasteiger partial charge >= 0.3 is 5.95 Å². The lowest BCUT2D eigenvalue weighted by Crippen LogP contribution is -1.86. The smallest absolute Gasteiger partial charge is 0.312 e. The molecule has 0 amide bonds. The Balaban J connectivity index is 1.54. The van der Waals surface area contributed by atoms with Gasteiger partial charge in [-0.2, -0.15) is 0 Å². The molecule has 4 nitrogen and oxygen atoms in total. The molecule has 0 unspecified atom stereocenters. The summed E-state index contributed by atoms with van der Waals surface area (Å²) in [6, 6.07) is 22.2. The molecule has 1 heterocycles. The van der Waals surface area contributed by atoms with Crippen molar-refractivity contribution >= 4 is 22.7 Å². The third-order valence-electron chi connectivity index (χ3n) is 4.72. The molecule has 0 saturated heterocycles. The first-order valence-electron chi connectivity index (χ1n) is 9.55. The summed E-state index contributed by atoms with van der Waals surface area (Å²) in [6.07, 6.45) is 4.95. The fourth-order valence-corrected chi connectivity index (χ4v) is 3.12. The Morgan fingerprint density at radius 1 is 1.00 bits per heavy atom. The molecule has 0 aliphatic heterocycles. The Morgan fingerprint density at radius 3 is 2.57 bits per heavy atom. The van der Waals surface area contributed by atoms with Gasteiger partial charge in [0.25, 0.3) is 0 Å². The number of aromatic hydroxyl groups is 1. The van der Waals surface area contributed by atoms with E-state index in [2.05, 4.69) is 35.1 Å². The maximum Gasteiger partial charge on any atom is 0.312 e. The molecule has 4 rings (SSSR count). The van der Waals surface area contributed by atoms with Crippen molar-refractivity contribution in [3.05, 3.63) is 78.0 Å². The summed E-state index contributed by atoms with van der Waals surface area (Å²) >= 11 is 0. The van der Waals surface area contributed by atoms with Gasteiger partial charge in [-0.05, 0) is 53.4 Å². The summed E-state index contributed by atoms with van der Waals surface area (Å²) in [5.41, 5.74) is 3.24. The van der Waals surface area contributed by atoms with Gasteiger partial charge in [0.1, 0.15) is 0 Å². The number of unbranched alkanes of at least 4 members (excludes halogenated alkanes) is 1. The minimum Gasteiger partial charge on any atom is -0.479 e. The number of aliphatic imine (C=N–C) groups is 1. The van der Waals surface area contributed by atoms with Gasteiger partial charge in [-0.15, -0.1) is 0 Å². The lowest BCUT2D eigenvalue weighted by molar-refractivity contribution is 0.337. The molecule has 0 aliphatic rings. The highest BCUT2D eigenvalue weighted by atomic mass is 16.5. The predicted molar refractivity (Wildman–Crippen MR) is 113 cm³/mol. The Hall–Kier alpha value is -3.40. The Labute approximate surface area is 164 Å². The van der Waals surface area contributed by atoms with Gasteiger partial charge in [0, 0.05) is 5.56 Å². The van der Waals surface area contributed by atoms with Crippen LogP contribution in [0.3, 0.4) is 0 Å². The van der Waals surface area contributed by atoms with E-state index in [-0.39, 0.29) is 5.95 Å². The first-order chi connectivity index (χ1) is 13.7. The van der Waals surface area contributed by atoms with E-state index in [4.69, 9.17) is 4.42 Å². The minimum atomic E-state index is -0.227. The van der Waals surface area contributed by atoms with E-state index in [1.54, 1.807) is 0 Å². The van der Waals surface area contributed by atoms with Crippen LogP contribution in [-0.2, 0) is 6.42 Å². The normalized spacial score (nSPS) is 11.5. The van der Waals surface area contributed by atoms with Crippen molar-refractivity contribution in [3.8, 4) is 17.4 Å². The summed E-state index contributed by atoms with van der Waals surface area (Å²) in [4.78, 5) is 8.82. The zero-order chi connectivity index (χ0) is 19.3. The summed E-state index contributed by atoms with van der Waals surface area (Å²) in [7, 11) is 0. The lowest BCUT2D eigenvalue weighted by Gasteiger charge is -2.00. The van der Waals surface area contributed by atoms with Crippen LogP contribution in [0.25, 0.3) is 22.2 Å². The van der Waals surface area contributed by atoms with E-state index in [1.807, 2.05) is 48.5 Å². The van der Waals surface area contributed by atoms with Crippen LogP contribution < -0.4 is 0 Å². The van der Waals surface area contributed by atoms with Gasteiger partial charge in [-0.1, -0.05) is 55.8 Å². The number of benzene rings is 3. The molecule has 0 radical (unpaired) electrons. The molecule has 0 atom stereocenters. The van der Waals surface area contributed by atoms with E-state index < -0.39 is 0 Å². The van der Waals surface area contributed by atoms with Crippen LogP contribution in [0.5, 0.6) is 5.95 Å². The highest BCUT2D eigenvalue weighted by Crippen LogP contribution is 2.27. The molecule has 0 fully saturated rings. The fraction of sp³-hybridized carbons (Fsp3) is 0.167. The summed E-state index contributed by atoms with van der Waals surface area (Å²) in [5, 5.41) is 12.4. The molecule has 0 saturated carbocycles. The number of hydrogen-bond donors (Lipinski definition) is 1. The van der Waals surface area contributed by atoms with Gasteiger partial charge < -0.3 is 9.52 Å². The van der Waals surface area contributed by atoms with Crippen LogP contribution in [0.4, 0.5) is 5.69 Å². The lowest BCUT2D eigenvalue weighted by atomic mass is 10.1. The second-order valence-corrected chi connectivity index (χ2v) is 6.80. The van der Waals surface area contributed by atoms with E-state index in [9.17, 15) is 5.11 Å². The van der Waals surface area contributed by atoms with Crippen molar-refractivity contribution in [2.24, 2.45) is 4.99 Å². The Kier molecular flexibility index (Phi) is 5.20. The molecule has 0 spiro atoms. The average Bonchev–Trinajstić information content (AvgIpc) is 3.11. The van der Waals surface area contributed by atoms with E-state index in [1.165, 1.54) is 24.6 Å². The zero-order valence-electron chi connectivity index (χ0n) is 15.8. The molecular formula is C24H22N2O2. The van der Waals surface area contributed by atoms with Crippen LogP contribution in [0.2, 0.25) is 0 Å². The van der Waals surface area contributed by atoms with Crippen LogP contribution in [-0.4, -0.2) is 16.3 Å². The third-order valence-corrected chi connectivity index (χ3v) is 4.72. The fourth-order valence-electron chi connectivity index (χ4n) is 3.12. The minimum absolute atomic E-state index is 0.227. The molecule has 140 valence electrons. The van der Waals surface area contributed by atoms with Gasteiger partial charge in [-0.3, -0.25) is 4.99 Å². The van der Waals surface area contributed by atoms with E-state index >= 15 is 0 Å². The van der Waals surface area contributed by atoms with Crippen molar-refractivity contribution in [2.75, 3.05) is 0 Å². The molecule has 0 bridgehead atoms. The number of oxazole rings is 1. The SMILES string of the molecule is CCCCc1ccc(-c2nc(C=Nc3ccc4ccccc4c3)c(O)o2)cc1. The first-order valence-corrected chi connectivity index (χ1v) is 9.55.